The highest BCUT2D eigenvalue weighted by Crippen LogP contribution is 2.26. The van der Waals surface area contributed by atoms with E-state index in [-0.39, 0.29) is 13.8 Å². The summed E-state index contributed by atoms with van der Waals surface area (Å²) < 4.78 is 20.7. The molecule has 4 heterocycles. The van der Waals surface area contributed by atoms with Crippen molar-refractivity contribution < 1.29 is 20.1 Å². The van der Waals surface area contributed by atoms with Gasteiger partial charge in [0.1, 0.15) is 23.1 Å². The first-order valence-electron chi connectivity index (χ1n) is 12.7. The van der Waals surface area contributed by atoms with Crippen molar-refractivity contribution >= 4 is 23.6 Å². The number of imide groups is 1. The van der Waals surface area contributed by atoms with Crippen molar-refractivity contribution in [3.63, 3.8) is 0 Å². The van der Waals surface area contributed by atoms with E-state index in [1.165, 1.54) is 35.4 Å². The minimum Gasteiger partial charge on any atom is -0.456 e. The number of carbonyl (C=O) groups excluding carboxylic acids is 2. The first-order valence-corrected chi connectivity index (χ1v) is 12.7. The standard InChI is InChI=1S/C24H20FN7O3.2C2H6.H2/c1-30-15-16(13-28-30)21-12-19(8-9-26-21)35-20-6-7-22(27-14-20)29-23(33)32-11-10-31(24(32)34)18-4-2-17(25)3-5-18;2*1-2;/h2-9,12-15H,10-11H2,1H3,(H,27,29,33);2*1-2H3;1H. The molecule has 1 saturated heterocycles. The molecule has 39 heavy (non-hydrogen) atoms. The fourth-order valence-electron chi connectivity index (χ4n) is 3.60. The zero-order valence-electron chi connectivity index (χ0n) is 22.6. The molecule has 0 aliphatic carbocycles. The molecule has 0 spiro atoms. The first-order chi connectivity index (χ1) is 19.0. The number of benzene rings is 1. The van der Waals surface area contributed by atoms with E-state index >= 15 is 0 Å². The second kappa shape index (κ2) is 13.7. The van der Waals surface area contributed by atoms with Crippen molar-refractivity contribution in [1.82, 2.24) is 24.6 Å². The predicted octanol–water partition coefficient (Wildman–Crippen LogP) is 6.58. The quantitative estimate of drug-likeness (QED) is 0.309. The van der Waals surface area contributed by atoms with E-state index in [1.807, 2.05) is 40.9 Å². The number of aryl methyl sites for hydroxylation is 1. The van der Waals surface area contributed by atoms with Crippen molar-refractivity contribution in [3.05, 3.63) is 79.1 Å². The van der Waals surface area contributed by atoms with Crippen molar-refractivity contribution in [3.8, 4) is 22.8 Å². The van der Waals surface area contributed by atoms with E-state index in [9.17, 15) is 14.0 Å². The van der Waals surface area contributed by atoms with Crippen LogP contribution in [0.15, 0.2) is 73.3 Å². The molecule has 0 saturated carbocycles. The zero-order chi connectivity index (χ0) is 28.4. The molecule has 3 aromatic heterocycles. The second-order valence-corrected chi connectivity index (χ2v) is 7.75. The summed E-state index contributed by atoms with van der Waals surface area (Å²) in [5.74, 6) is 0.902. The van der Waals surface area contributed by atoms with Crippen LogP contribution < -0.4 is 15.0 Å². The Morgan fingerprint density at radius 1 is 0.974 bits per heavy atom. The van der Waals surface area contributed by atoms with Gasteiger partial charge in [0.2, 0.25) is 0 Å². The molecule has 1 fully saturated rings. The summed E-state index contributed by atoms with van der Waals surface area (Å²) in [7, 11) is 1.83. The average Bonchev–Trinajstić information content (AvgIpc) is 3.58. The van der Waals surface area contributed by atoms with Crippen molar-refractivity contribution in [2.45, 2.75) is 27.7 Å². The van der Waals surface area contributed by atoms with Gasteiger partial charge in [-0.15, -0.1) is 0 Å². The van der Waals surface area contributed by atoms with Crippen LogP contribution in [0.4, 0.5) is 25.5 Å². The maximum atomic E-state index is 13.2. The lowest BCUT2D eigenvalue weighted by atomic mass is 10.2. The molecular formula is C28H34FN7O3. The number of hydrogen-bond donors (Lipinski definition) is 1. The molecule has 1 aliphatic heterocycles. The number of rotatable bonds is 5. The largest absolute Gasteiger partial charge is 0.456 e. The molecule has 206 valence electrons. The van der Waals surface area contributed by atoms with Gasteiger partial charge in [0, 0.05) is 44.7 Å². The van der Waals surface area contributed by atoms with E-state index < -0.39 is 17.9 Å². The van der Waals surface area contributed by atoms with Crippen LogP contribution in [0.25, 0.3) is 11.3 Å². The van der Waals surface area contributed by atoms with Crippen molar-refractivity contribution in [1.29, 1.82) is 0 Å². The van der Waals surface area contributed by atoms with E-state index in [0.717, 1.165) is 16.2 Å². The van der Waals surface area contributed by atoms with E-state index in [4.69, 9.17) is 4.74 Å². The molecular weight excluding hydrogens is 501 g/mol. The Kier molecular flexibility index (Phi) is 10.1. The Labute approximate surface area is 228 Å². The fourth-order valence-corrected chi connectivity index (χ4v) is 3.60. The Morgan fingerprint density at radius 3 is 2.36 bits per heavy atom. The van der Waals surface area contributed by atoms with Gasteiger partial charge in [-0.1, -0.05) is 27.7 Å². The Morgan fingerprint density at radius 2 is 1.72 bits per heavy atom. The van der Waals surface area contributed by atoms with Gasteiger partial charge in [-0.25, -0.2) is 23.9 Å². The molecule has 0 radical (unpaired) electrons. The monoisotopic (exact) mass is 535 g/mol. The number of hydrogen-bond acceptors (Lipinski definition) is 6. The number of nitrogens with one attached hydrogen (secondary N) is 1. The van der Waals surface area contributed by atoms with Crippen LogP contribution in [0, 0.1) is 5.82 Å². The number of urea groups is 2. The molecule has 1 aliphatic rings. The Bertz CT molecular complexity index is 1380. The highest BCUT2D eigenvalue weighted by molar-refractivity contribution is 6.07. The number of anilines is 2. The smallest absolute Gasteiger partial charge is 0.332 e. The number of carbonyl (C=O) groups is 2. The molecule has 0 atom stereocenters. The molecule has 4 aromatic rings. The molecule has 1 aromatic carbocycles. The third kappa shape index (κ3) is 7.16. The molecule has 0 bridgehead atoms. The minimum atomic E-state index is -0.601. The third-order valence-electron chi connectivity index (χ3n) is 5.33. The van der Waals surface area contributed by atoms with Gasteiger partial charge in [0.05, 0.1) is 24.6 Å². The SMILES string of the molecule is CC.CC.Cn1cc(-c2cc(Oc3ccc(NC(=O)N4CCN(c5ccc(F)cc5)C4=O)nc3)ccn2)cn1.[HH]. The molecule has 5 rings (SSSR count). The minimum absolute atomic E-state index is 0. The van der Waals surface area contributed by atoms with Crippen LogP contribution in [-0.2, 0) is 7.05 Å². The van der Waals surface area contributed by atoms with Gasteiger partial charge < -0.3 is 4.74 Å². The number of aromatic nitrogens is 4. The lowest BCUT2D eigenvalue weighted by Crippen LogP contribution is -2.39. The Hall–Kier alpha value is -4.80. The van der Waals surface area contributed by atoms with Crippen LogP contribution in [-0.4, -0.2) is 49.8 Å². The van der Waals surface area contributed by atoms with Gasteiger partial charge in [-0.3, -0.25) is 19.9 Å². The normalized spacial score (nSPS) is 12.2. The molecule has 1 N–H and O–H groups in total. The summed E-state index contributed by atoms with van der Waals surface area (Å²) in [6.45, 7) is 8.51. The van der Waals surface area contributed by atoms with Crippen molar-refractivity contribution in [2.24, 2.45) is 7.05 Å². The van der Waals surface area contributed by atoms with E-state index in [0.29, 0.717) is 23.7 Å². The molecule has 11 heteroatoms. The lowest BCUT2D eigenvalue weighted by Gasteiger charge is -2.18. The van der Waals surface area contributed by atoms with Gasteiger partial charge in [0.25, 0.3) is 0 Å². The summed E-state index contributed by atoms with van der Waals surface area (Å²) in [5, 5.41) is 6.76. The summed E-state index contributed by atoms with van der Waals surface area (Å²) in [5.41, 5.74) is 2.11. The zero-order valence-corrected chi connectivity index (χ0v) is 22.6. The average molecular weight is 536 g/mol. The maximum Gasteiger partial charge on any atom is 0.332 e. The summed E-state index contributed by atoms with van der Waals surface area (Å²) in [6.07, 6.45) is 6.68. The van der Waals surface area contributed by atoms with Crippen LogP contribution in [0.3, 0.4) is 0 Å². The molecule has 4 amide bonds. The topological polar surface area (TPSA) is 105 Å². The molecule has 10 nitrogen and oxygen atoms in total. The van der Waals surface area contributed by atoms with Gasteiger partial charge in [0.15, 0.2) is 0 Å². The van der Waals surface area contributed by atoms with Crippen LogP contribution in [0.2, 0.25) is 0 Å². The number of nitrogens with zero attached hydrogens (tertiary/aromatic N) is 6. The van der Waals surface area contributed by atoms with Crippen LogP contribution >= 0.6 is 0 Å². The predicted molar refractivity (Wildman–Crippen MR) is 150 cm³/mol. The maximum absolute atomic E-state index is 13.2. The van der Waals surface area contributed by atoms with E-state index in [2.05, 4.69) is 20.4 Å². The fraction of sp³-hybridized carbons (Fsp3) is 0.250. The van der Waals surface area contributed by atoms with E-state index in [1.54, 1.807) is 41.3 Å². The van der Waals surface area contributed by atoms with Crippen molar-refractivity contribution in [2.75, 3.05) is 23.3 Å². The summed E-state index contributed by atoms with van der Waals surface area (Å²) in [6, 6.07) is 11.2. The lowest BCUT2D eigenvalue weighted by molar-refractivity contribution is 0.209. The van der Waals surface area contributed by atoms with Gasteiger partial charge >= 0.3 is 12.1 Å². The van der Waals surface area contributed by atoms with Crippen LogP contribution in [0.1, 0.15) is 29.1 Å². The highest BCUT2D eigenvalue weighted by Gasteiger charge is 2.34. The number of halogens is 1. The highest BCUT2D eigenvalue weighted by atomic mass is 19.1. The first kappa shape index (κ1) is 28.8. The summed E-state index contributed by atoms with van der Waals surface area (Å²) >= 11 is 0. The van der Waals surface area contributed by atoms with Gasteiger partial charge in [-0.05, 0) is 42.5 Å². The number of amides is 4. The Balaban J connectivity index is 0.00000107. The van der Waals surface area contributed by atoms with Crippen LogP contribution in [0.5, 0.6) is 11.5 Å². The second-order valence-electron chi connectivity index (χ2n) is 7.75. The number of ether oxygens (including phenoxy) is 1. The summed E-state index contributed by atoms with van der Waals surface area (Å²) in [4.78, 5) is 36.3. The van der Waals surface area contributed by atoms with Gasteiger partial charge in [-0.2, -0.15) is 5.10 Å². The third-order valence-corrected chi connectivity index (χ3v) is 5.33. The molecule has 0 unspecified atom stereocenters. The number of pyridine rings is 2.